The Morgan fingerprint density at radius 2 is 1.78 bits per heavy atom. The summed E-state index contributed by atoms with van der Waals surface area (Å²) in [7, 11) is 0. The maximum absolute atomic E-state index is 12.5. The summed E-state index contributed by atoms with van der Waals surface area (Å²) in [4.78, 5) is 30.6. The van der Waals surface area contributed by atoms with Crippen molar-refractivity contribution >= 4 is 24.3 Å². The summed E-state index contributed by atoms with van der Waals surface area (Å²) < 4.78 is 0. The maximum atomic E-state index is 12.5. The van der Waals surface area contributed by atoms with Gasteiger partial charge in [0, 0.05) is 38.3 Å². The van der Waals surface area contributed by atoms with E-state index in [0.29, 0.717) is 24.5 Å². The molecular formula is C30H47N3O3S. The Labute approximate surface area is 230 Å². The number of aryl methyl sites for hydroxylation is 1. The molecule has 0 aliphatic carbocycles. The molecular weight excluding hydrogens is 482 g/mol. The Morgan fingerprint density at radius 3 is 2.32 bits per heavy atom. The average Bonchev–Trinajstić information content (AvgIpc) is 2.86. The molecule has 2 fully saturated rings. The number of benzene rings is 1. The van der Waals surface area contributed by atoms with Crippen LogP contribution >= 0.6 is 12.6 Å². The fraction of sp³-hybridized carbons (Fsp3) is 0.533. The minimum absolute atomic E-state index is 0.0238. The first-order valence-electron chi connectivity index (χ1n) is 13.4. The van der Waals surface area contributed by atoms with E-state index < -0.39 is 0 Å². The van der Waals surface area contributed by atoms with Crippen LogP contribution in [0.3, 0.4) is 0 Å². The number of phenols is 1. The van der Waals surface area contributed by atoms with E-state index in [1.54, 1.807) is 25.3 Å². The fourth-order valence-corrected chi connectivity index (χ4v) is 4.21. The van der Waals surface area contributed by atoms with E-state index in [1.807, 2.05) is 47.1 Å². The summed E-state index contributed by atoms with van der Waals surface area (Å²) in [6.07, 6.45) is 12.5. The van der Waals surface area contributed by atoms with Gasteiger partial charge in [-0.2, -0.15) is 12.6 Å². The van der Waals surface area contributed by atoms with Gasteiger partial charge in [-0.1, -0.05) is 63.6 Å². The van der Waals surface area contributed by atoms with Crippen LogP contribution in [0, 0.1) is 0 Å². The second kappa shape index (κ2) is 17.9. The molecule has 0 saturated carbocycles. The zero-order chi connectivity index (χ0) is 27.8. The van der Waals surface area contributed by atoms with Gasteiger partial charge in [-0.25, -0.2) is 0 Å². The molecule has 206 valence electrons. The Morgan fingerprint density at radius 1 is 1.11 bits per heavy atom. The lowest BCUT2D eigenvalue weighted by Crippen LogP contribution is -2.52. The molecule has 1 N–H and O–H groups in total. The highest BCUT2D eigenvalue weighted by molar-refractivity contribution is 7.79. The Balaban J connectivity index is 0.000000475. The van der Waals surface area contributed by atoms with Gasteiger partial charge < -0.3 is 14.9 Å². The molecule has 0 radical (unpaired) electrons. The van der Waals surface area contributed by atoms with Crippen LogP contribution in [0.4, 0.5) is 0 Å². The number of para-hydroxylation sites is 1. The third-order valence-corrected chi connectivity index (χ3v) is 6.51. The molecule has 1 aromatic carbocycles. The van der Waals surface area contributed by atoms with Crippen molar-refractivity contribution in [2.24, 2.45) is 0 Å². The van der Waals surface area contributed by atoms with Crippen molar-refractivity contribution in [1.29, 1.82) is 0 Å². The molecule has 2 saturated heterocycles. The molecule has 2 aliphatic heterocycles. The predicted octanol–water partition coefficient (Wildman–Crippen LogP) is 5.46. The molecule has 6 nitrogen and oxygen atoms in total. The van der Waals surface area contributed by atoms with Gasteiger partial charge in [-0.05, 0) is 57.2 Å². The van der Waals surface area contributed by atoms with Crippen molar-refractivity contribution < 1.29 is 14.7 Å². The second-order valence-electron chi connectivity index (χ2n) is 9.22. The van der Waals surface area contributed by atoms with Gasteiger partial charge in [0.25, 0.3) is 0 Å². The number of likely N-dealkylation sites (tertiary alicyclic amines) is 1. The van der Waals surface area contributed by atoms with Crippen LogP contribution < -0.4 is 0 Å². The minimum Gasteiger partial charge on any atom is -0.508 e. The lowest BCUT2D eigenvalue weighted by Gasteiger charge is -2.42. The first-order chi connectivity index (χ1) is 17.8. The molecule has 2 heterocycles. The summed E-state index contributed by atoms with van der Waals surface area (Å²) in [5.74, 6) is 0.496. The summed E-state index contributed by atoms with van der Waals surface area (Å²) in [6, 6.07) is 7.36. The molecule has 1 atom stereocenters. The molecule has 7 heteroatoms. The molecule has 2 aliphatic rings. The number of amides is 1. The number of Topliss-reactive ketones (excluding diaryl/α,β-unsaturated/α-hetero) is 1. The fourth-order valence-electron chi connectivity index (χ4n) is 4.21. The van der Waals surface area contributed by atoms with Crippen molar-refractivity contribution in [3.8, 4) is 5.75 Å². The van der Waals surface area contributed by atoms with E-state index >= 15 is 0 Å². The van der Waals surface area contributed by atoms with Gasteiger partial charge in [0.1, 0.15) is 5.75 Å². The van der Waals surface area contributed by atoms with Crippen LogP contribution in [0.15, 0.2) is 60.5 Å². The number of aromatic hydroxyl groups is 1. The number of carbonyl (C=O) groups excluding carboxylic acids is 2. The highest BCUT2D eigenvalue weighted by Gasteiger charge is 2.31. The predicted molar refractivity (Wildman–Crippen MR) is 158 cm³/mol. The number of hydrogen-bond acceptors (Lipinski definition) is 6. The van der Waals surface area contributed by atoms with Crippen LogP contribution in [-0.4, -0.2) is 76.5 Å². The van der Waals surface area contributed by atoms with E-state index in [0.717, 1.165) is 56.6 Å². The lowest BCUT2D eigenvalue weighted by molar-refractivity contribution is -0.128. The maximum Gasteiger partial charge on any atom is 0.246 e. The average molecular weight is 530 g/mol. The largest absolute Gasteiger partial charge is 0.508 e. The second-order valence-corrected chi connectivity index (χ2v) is 9.22. The van der Waals surface area contributed by atoms with Gasteiger partial charge in [0.05, 0.1) is 11.7 Å². The molecule has 1 amide bonds. The number of unbranched alkanes of at least 4 members (excludes halogenated alkanes) is 1. The van der Waals surface area contributed by atoms with Gasteiger partial charge in [0.2, 0.25) is 5.91 Å². The highest BCUT2D eigenvalue weighted by atomic mass is 32.1. The highest BCUT2D eigenvalue weighted by Crippen LogP contribution is 2.25. The summed E-state index contributed by atoms with van der Waals surface area (Å²) in [6.45, 7) is 16.2. The van der Waals surface area contributed by atoms with Crippen LogP contribution in [-0.2, 0) is 16.0 Å². The number of hydrogen-bond donors (Lipinski definition) is 2. The van der Waals surface area contributed by atoms with Crippen LogP contribution in [0.1, 0.15) is 58.9 Å². The number of carbonyl (C=O) groups is 2. The standard InChI is InChI=1S/C20H31N3O2.C9H12O.CH4S/c1-5-6-9-19(18(4)24)22-14-15-23(17(3)16(22)2)20(25)10-7-11-21-12-8-13-21;1-2-5-8-6-3-4-7-9(8)10;1-2/h7,9-10,17H,2,5-6,8,11-15H2,1,3-4H3;3-4,6-7,10H,2,5H2,1H3;2H,1H3/b10-7+,19-9-;;. The van der Waals surface area contributed by atoms with Crippen LogP contribution in [0.2, 0.25) is 0 Å². The number of allylic oxidation sites excluding steroid dienone is 2. The monoisotopic (exact) mass is 529 g/mol. The Bertz CT molecular complexity index is 924. The number of ketones is 1. The van der Waals surface area contributed by atoms with Gasteiger partial charge in [0.15, 0.2) is 5.78 Å². The molecule has 1 aromatic rings. The first kappa shape index (κ1) is 32.5. The normalized spacial score (nSPS) is 17.9. The van der Waals surface area contributed by atoms with Crippen LogP contribution in [0.5, 0.6) is 5.75 Å². The number of thiol groups is 1. The molecule has 0 bridgehead atoms. The third-order valence-electron chi connectivity index (χ3n) is 6.51. The number of piperazine rings is 1. The number of nitrogens with zero attached hydrogens (tertiary/aromatic N) is 3. The Hall–Kier alpha value is -2.51. The van der Waals surface area contributed by atoms with E-state index in [9.17, 15) is 14.7 Å². The lowest BCUT2D eigenvalue weighted by atomic mass is 10.1. The van der Waals surface area contributed by atoms with Crippen LogP contribution in [0.25, 0.3) is 0 Å². The zero-order valence-corrected chi connectivity index (χ0v) is 24.3. The minimum atomic E-state index is -0.112. The quantitative estimate of drug-likeness (QED) is 0.329. The van der Waals surface area contributed by atoms with E-state index in [2.05, 4.69) is 38.0 Å². The Kier molecular flexibility index (Phi) is 15.7. The summed E-state index contributed by atoms with van der Waals surface area (Å²) in [5.41, 5.74) is 2.57. The topological polar surface area (TPSA) is 64.1 Å². The van der Waals surface area contributed by atoms with E-state index in [-0.39, 0.29) is 17.7 Å². The van der Waals surface area contributed by atoms with E-state index in [4.69, 9.17) is 0 Å². The molecule has 37 heavy (non-hydrogen) atoms. The summed E-state index contributed by atoms with van der Waals surface area (Å²) in [5, 5.41) is 9.24. The van der Waals surface area contributed by atoms with E-state index in [1.165, 1.54) is 6.42 Å². The van der Waals surface area contributed by atoms with Crippen molar-refractivity contribution in [2.45, 2.75) is 65.8 Å². The zero-order valence-electron chi connectivity index (χ0n) is 23.4. The molecule has 0 aromatic heterocycles. The van der Waals surface area contributed by atoms with Gasteiger partial charge in [-0.3, -0.25) is 14.5 Å². The summed E-state index contributed by atoms with van der Waals surface area (Å²) >= 11 is 3.53. The van der Waals surface area contributed by atoms with Crippen molar-refractivity contribution in [2.75, 3.05) is 39.0 Å². The van der Waals surface area contributed by atoms with Crippen molar-refractivity contribution in [1.82, 2.24) is 14.7 Å². The van der Waals surface area contributed by atoms with Crippen molar-refractivity contribution in [3.05, 3.63) is 66.0 Å². The molecule has 3 rings (SSSR count). The number of rotatable bonds is 9. The first-order valence-corrected chi connectivity index (χ1v) is 14.3. The van der Waals surface area contributed by atoms with Gasteiger partial charge in [-0.15, -0.1) is 0 Å². The third kappa shape index (κ3) is 10.4. The van der Waals surface area contributed by atoms with Gasteiger partial charge >= 0.3 is 0 Å². The molecule has 1 unspecified atom stereocenters. The molecule has 0 spiro atoms. The number of phenolic OH excluding ortho intramolecular Hbond substituents is 1. The SMILES string of the molecule is C=C1C(C)N(C(=O)/C=C/CN2CCC2)CCN1/C(=C\CCC)C(C)=O.CCCc1ccccc1O.CS. The van der Waals surface area contributed by atoms with Crippen molar-refractivity contribution in [3.63, 3.8) is 0 Å². The smallest absolute Gasteiger partial charge is 0.246 e.